The van der Waals surface area contributed by atoms with E-state index in [1.807, 2.05) is 11.8 Å². The topological polar surface area (TPSA) is 0 Å². The third-order valence-corrected chi connectivity index (χ3v) is 4.01. The van der Waals surface area contributed by atoms with E-state index >= 15 is 0 Å². The van der Waals surface area contributed by atoms with Gasteiger partial charge in [-0.3, -0.25) is 0 Å². The second-order valence-corrected chi connectivity index (χ2v) is 5.98. The summed E-state index contributed by atoms with van der Waals surface area (Å²) in [5.41, 5.74) is 1.46. The standard InChI is InChI=1S/C17H26S/c1-4-5-6-7-8-11-14-18-17-13-10-9-12-16(17)15(2)3/h9-15H,4-8H2,1-3H3. The van der Waals surface area contributed by atoms with Crippen molar-refractivity contribution in [3.63, 3.8) is 0 Å². The molecule has 0 amide bonds. The monoisotopic (exact) mass is 262 g/mol. The number of rotatable bonds is 8. The maximum Gasteiger partial charge on any atom is 0.0150 e. The van der Waals surface area contributed by atoms with Crippen LogP contribution in [0.4, 0.5) is 0 Å². The number of allylic oxidation sites excluding steroid dienone is 1. The van der Waals surface area contributed by atoms with Crippen molar-refractivity contribution in [2.75, 3.05) is 0 Å². The van der Waals surface area contributed by atoms with Gasteiger partial charge in [0.15, 0.2) is 0 Å². The molecule has 100 valence electrons. The first-order valence-electron chi connectivity index (χ1n) is 7.16. The van der Waals surface area contributed by atoms with Gasteiger partial charge in [-0.2, -0.15) is 0 Å². The third-order valence-electron chi connectivity index (χ3n) is 3.06. The molecule has 0 heterocycles. The highest BCUT2D eigenvalue weighted by Crippen LogP contribution is 2.29. The molecule has 0 aliphatic carbocycles. The van der Waals surface area contributed by atoms with Crippen molar-refractivity contribution >= 4 is 11.8 Å². The van der Waals surface area contributed by atoms with E-state index in [1.54, 1.807) is 0 Å². The average molecular weight is 262 g/mol. The van der Waals surface area contributed by atoms with Gasteiger partial charge in [-0.05, 0) is 35.8 Å². The Hall–Kier alpha value is -0.690. The summed E-state index contributed by atoms with van der Waals surface area (Å²) in [6.45, 7) is 6.77. The SMILES string of the molecule is CCCCCCC=CSc1ccccc1C(C)C. The van der Waals surface area contributed by atoms with E-state index in [2.05, 4.69) is 56.5 Å². The molecule has 0 spiro atoms. The van der Waals surface area contributed by atoms with E-state index in [0.717, 1.165) is 0 Å². The van der Waals surface area contributed by atoms with Gasteiger partial charge >= 0.3 is 0 Å². The Kier molecular flexibility index (Phi) is 7.91. The number of thioether (sulfide) groups is 1. The molecule has 1 aromatic carbocycles. The molecule has 0 nitrogen and oxygen atoms in total. The van der Waals surface area contributed by atoms with Crippen molar-refractivity contribution in [3.8, 4) is 0 Å². The van der Waals surface area contributed by atoms with Gasteiger partial charge in [0.1, 0.15) is 0 Å². The van der Waals surface area contributed by atoms with Crippen LogP contribution < -0.4 is 0 Å². The van der Waals surface area contributed by atoms with Gasteiger partial charge in [0.25, 0.3) is 0 Å². The Balaban J connectivity index is 2.36. The molecule has 0 saturated carbocycles. The van der Waals surface area contributed by atoms with Crippen molar-refractivity contribution in [1.82, 2.24) is 0 Å². The summed E-state index contributed by atoms with van der Waals surface area (Å²) < 4.78 is 0. The van der Waals surface area contributed by atoms with Gasteiger partial charge in [0, 0.05) is 4.90 Å². The van der Waals surface area contributed by atoms with Gasteiger partial charge in [-0.15, -0.1) is 0 Å². The van der Waals surface area contributed by atoms with Gasteiger partial charge < -0.3 is 0 Å². The van der Waals surface area contributed by atoms with Crippen LogP contribution in [0.3, 0.4) is 0 Å². The smallest absolute Gasteiger partial charge is 0.0150 e. The van der Waals surface area contributed by atoms with Crippen molar-refractivity contribution in [2.45, 2.75) is 63.7 Å². The summed E-state index contributed by atoms with van der Waals surface area (Å²) >= 11 is 1.86. The first-order valence-corrected chi connectivity index (χ1v) is 8.04. The third kappa shape index (κ3) is 5.77. The molecular formula is C17H26S. The van der Waals surface area contributed by atoms with Crippen molar-refractivity contribution in [2.24, 2.45) is 0 Å². The van der Waals surface area contributed by atoms with Crippen molar-refractivity contribution in [1.29, 1.82) is 0 Å². The number of unbranched alkanes of at least 4 members (excludes halogenated alkanes) is 4. The zero-order valence-electron chi connectivity index (χ0n) is 12.0. The normalized spacial score (nSPS) is 11.6. The Bertz CT molecular complexity index is 352. The predicted molar refractivity (Wildman–Crippen MR) is 84.3 cm³/mol. The molecule has 0 atom stereocenters. The summed E-state index contributed by atoms with van der Waals surface area (Å²) in [5.74, 6) is 0.603. The Morgan fingerprint density at radius 1 is 1.11 bits per heavy atom. The molecule has 1 heteroatoms. The Labute approximate surface area is 117 Å². The maximum atomic E-state index is 2.32. The number of hydrogen-bond acceptors (Lipinski definition) is 1. The fourth-order valence-electron chi connectivity index (χ4n) is 1.94. The second-order valence-electron chi connectivity index (χ2n) is 5.03. The van der Waals surface area contributed by atoms with Crippen molar-refractivity contribution in [3.05, 3.63) is 41.3 Å². The van der Waals surface area contributed by atoms with E-state index in [4.69, 9.17) is 0 Å². The summed E-state index contributed by atoms with van der Waals surface area (Å²) in [4.78, 5) is 1.40. The van der Waals surface area contributed by atoms with Crippen LogP contribution >= 0.6 is 11.8 Å². The predicted octanol–water partition coefficient (Wildman–Crippen LogP) is 6.39. The molecule has 1 rings (SSSR count). The molecule has 0 bridgehead atoms. The summed E-state index contributed by atoms with van der Waals surface area (Å²) in [5, 5.41) is 2.26. The zero-order chi connectivity index (χ0) is 13.2. The minimum Gasteiger partial charge on any atom is -0.0981 e. The van der Waals surface area contributed by atoms with Crippen LogP contribution in [0.2, 0.25) is 0 Å². The van der Waals surface area contributed by atoms with Crippen LogP contribution in [0.5, 0.6) is 0 Å². The quantitative estimate of drug-likeness (QED) is 0.386. The lowest BCUT2D eigenvalue weighted by Gasteiger charge is -2.09. The van der Waals surface area contributed by atoms with Gasteiger partial charge in [-0.25, -0.2) is 0 Å². The van der Waals surface area contributed by atoms with E-state index in [9.17, 15) is 0 Å². The molecule has 1 aromatic rings. The van der Waals surface area contributed by atoms with E-state index in [1.165, 1.54) is 42.6 Å². The van der Waals surface area contributed by atoms with Crippen LogP contribution in [-0.2, 0) is 0 Å². The lowest BCUT2D eigenvalue weighted by Crippen LogP contribution is -1.88. The molecule has 0 N–H and O–H groups in total. The molecule has 0 saturated heterocycles. The minimum atomic E-state index is 0.603. The fourth-order valence-corrected chi connectivity index (χ4v) is 2.92. The van der Waals surface area contributed by atoms with Crippen LogP contribution in [-0.4, -0.2) is 0 Å². The molecule has 0 aliphatic heterocycles. The Morgan fingerprint density at radius 3 is 2.61 bits per heavy atom. The fraction of sp³-hybridized carbons (Fsp3) is 0.529. The van der Waals surface area contributed by atoms with Gasteiger partial charge in [0.2, 0.25) is 0 Å². The first kappa shape index (κ1) is 15.4. The molecule has 0 radical (unpaired) electrons. The van der Waals surface area contributed by atoms with Gasteiger partial charge in [-0.1, -0.05) is 76.1 Å². The number of benzene rings is 1. The highest BCUT2D eigenvalue weighted by Gasteiger charge is 2.04. The number of hydrogen-bond donors (Lipinski definition) is 0. The van der Waals surface area contributed by atoms with Gasteiger partial charge in [0.05, 0.1) is 0 Å². The largest absolute Gasteiger partial charge is 0.0981 e. The van der Waals surface area contributed by atoms with E-state index in [0.29, 0.717) is 5.92 Å². The summed E-state index contributed by atoms with van der Waals surface area (Å²) in [6, 6.07) is 8.72. The van der Waals surface area contributed by atoms with E-state index in [-0.39, 0.29) is 0 Å². The molecule has 18 heavy (non-hydrogen) atoms. The Morgan fingerprint density at radius 2 is 1.89 bits per heavy atom. The van der Waals surface area contributed by atoms with Crippen LogP contribution in [0.25, 0.3) is 0 Å². The van der Waals surface area contributed by atoms with Crippen molar-refractivity contribution < 1.29 is 0 Å². The van der Waals surface area contributed by atoms with Crippen LogP contribution in [0, 0.1) is 0 Å². The highest BCUT2D eigenvalue weighted by molar-refractivity contribution is 8.02. The second kappa shape index (κ2) is 9.27. The summed E-state index contributed by atoms with van der Waals surface area (Å²) in [7, 11) is 0. The zero-order valence-corrected chi connectivity index (χ0v) is 12.8. The molecular weight excluding hydrogens is 236 g/mol. The summed E-state index contributed by atoms with van der Waals surface area (Å²) in [6.07, 6.45) is 8.93. The lowest BCUT2D eigenvalue weighted by atomic mass is 10.0. The molecule has 0 fully saturated rings. The van der Waals surface area contributed by atoms with E-state index < -0.39 is 0 Å². The van der Waals surface area contributed by atoms with Crippen LogP contribution in [0.15, 0.2) is 40.6 Å². The maximum absolute atomic E-state index is 2.32. The minimum absolute atomic E-state index is 0.603. The average Bonchev–Trinajstić information content (AvgIpc) is 2.38. The molecule has 0 aromatic heterocycles. The molecule has 0 aliphatic rings. The van der Waals surface area contributed by atoms with Crippen LogP contribution in [0.1, 0.15) is 64.4 Å². The highest BCUT2D eigenvalue weighted by atomic mass is 32.2. The lowest BCUT2D eigenvalue weighted by molar-refractivity contribution is 0.675. The molecule has 0 unspecified atom stereocenters. The first-order chi connectivity index (χ1) is 8.75.